The summed E-state index contributed by atoms with van der Waals surface area (Å²) in [5.41, 5.74) is 1.65. The summed E-state index contributed by atoms with van der Waals surface area (Å²) in [6.07, 6.45) is 7.46. The minimum absolute atomic E-state index is 0.0320. The molecule has 25 heavy (non-hydrogen) atoms. The summed E-state index contributed by atoms with van der Waals surface area (Å²) < 4.78 is 10.9. The van der Waals surface area contributed by atoms with Crippen molar-refractivity contribution >= 4 is 11.8 Å². The third kappa shape index (κ3) is 4.20. The van der Waals surface area contributed by atoms with E-state index in [4.69, 9.17) is 9.47 Å². The molecular weight excluding hydrogens is 318 g/mol. The number of hydrogen-bond donors (Lipinski definition) is 0. The molecule has 1 atom stereocenters. The highest BCUT2D eigenvalue weighted by atomic mass is 16.5. The van der Waals surface area contributed by atoms with Gasteiger partial charge in [-0.2, -0.15) is 0 Å². The number of ketones is 1. The number of aromatic nitrogens is 1. The largest absolute Gasteiger partial charge is 0.477 e. The second kappa shape index (κ2) is 7.14. The molecule has 1 aromatic rings. The molecule has 2 heterocycles. The summed E-state index contributed by atoms with van der Waals surface area (Å²) >= 11 is 0. The van der Waals surface area contributed by atoms with Gasteiger partial charge in [0.05, 0.1) is 19.1 Å². The summed E-state index contributed by atoms with van der Waals surface area (Å²) in [7, 11) is 0. The number of ether oxygens (including phenoxy) is 2. The Morgan fingerprint density at radius 1 is 1.20 bits per heavy atom. The zero-order valence-electron chi connectivity index (χ0n) is 14.5. The number of nitrogens with zero attached hydrogens (tertiary/aromatic N) is 1. The number of rotatable bonds is 9. The van der Waals surface area contributed by atoms with Crippen LogP contribution in [0.2, 0.25) is 0 Å². The van der Waals surface area contributed by atoms with Crippen LogP contribution in [0.3, 0.4) is 0 Å². The summed E-state index contributed by atoms with van der Waals surface area (Å²) in [6, 6.07) is 3.86. The molecule has 0 N–H and O–H groups in total. The quantitative estimate of drug-likeness (QED) is 0.506. The predicted molar refractivity (Wildman–Crippen MR) is 91.7 cm³/mol. The van der Waals surface area contributed by atoms with Crippen LogP contribution < -0.4 is 4.74 Å². The second-order valence-electron chi connectivity index (χ2n) is 7.59. The van der Waals surface area contributed by atoms with E-state index in [9.17, 15) is 9.59 Å². The first kappa shape index (κ1) is 16.6. The van der Waals surface area contributed by atoms with Gasteiger partial charge in [0.1, 0.15) is 5.69 Å². The Labute approximate surface area is 148 Å². The molecule has 0 bridgehead atoms. The van der Waals surface area contributed by atoms with Crippen LogP contribution in [0.25, 0.3) is 0 Å². The fourth-order valence-electron chi connectivity index (χ4n) is 3.35. The molecule has 1 saturated heterocycles. The van der Waals surface area contributed by atoms with Crippen LogP contribution >= 0.6 is 0 Å². The standard InChI is InChI=1S/C20H25NO4/c22-18(3-1-2-15-10-11-24-20(15)23)17-9-8-16(14-6-7-14)19(21-17)25-12-13-4-5-13/h8-9,13-15H,1-7,10-12H2. The van der Waals surface area contributed by atoms with E-state index in [2.05, 4.69) is 4.98 Å². The number of hydrogen-bond acceptors (Lipinski definition) is 5. The van der Waals surface area contributed by atoms with E-state index < -0.39 is 0 Å². The monoisotopic (exact) mass is 343 g/mol. The number of carbonyl (C=O) groups is 2. The minimum Gasteiger partial charge on any atom is -0.477 e. The zero-order valence-corrected chi connectivity index (χ0v) is 14.5. The average molecular weight is 343 g/mol. The highest BCUT2D eigenvalue weighted by Crippen LogP contribution is 2.44. The third-order valence-electron chi connectivity index (χ3n) is 5.35. The fourth-order valence-corrected chi connectivity index (χ4v) is 3.35. The molecule has 4 rings (SSSR count). The number of pyridine rings is 1. The van der Waals surface area contributed by atoms with Gasteiger partial charge in [-0.15, -0.1) is 0 Å². The molecule has 0 radical (unpaired) electrons. The summed E-state index contributed by atoms with van der Waals surface area (Å²) in [5.74, 6) is 1.77. The summed E-state index contributed by atoms with van der Waals surface area (Å²) in [4.78, 5) is 28.5. The molecule has 3 fully saturated rings. The van der Waals surface area contributed by atoms with Crippen LogP contribution in [0, 0.1) is 11.8 Å². The van der Waals surface area contributed by atoms with Gasteiger partial charge in [-0.3, -0.25) is 9.59 Å². The maximum atomic E-state index is 12.5. The lowest BCUT2D eigenvalue weighted by Crippen LogP contribution is -2.10. The molecule has 5 nitrogen and oxygen atoms in total. The van der Waals surface area contributed by atoms with Crippen molar-refractivity contribution in [1.82, 2.24) is 4.98 Å². The SMILES string of the molecule is O=C(CCCC1CCOC1=O)c1ccc(C2CC2)c(OCC2CC2)n1. The maximum absolute atomic E-state index is 12.5. The van der Waals surface area contributed by atoms with E-state index in [1.54, 1.807) is 0 Å². The van der Waals surface area contributed by atoms with Crippen molar-refractivity contribution in [3.8, 4) is 5.88 Å². The molecule has 0 aromatic carbocycles. The third-order valence-corrected chi connectivity index (χ3v) is 5.35. The number of cyclic esters (lactones) is 1. The van der Waals surface area contributed by atoms with Crippen LogP contribution in [0.5, 0.6) is 5.88 Å². The molecule has 2 aliphatic carbocycles. The Kier molecular flexibility index (Phi) is 4.73. The van der Waals surface area contributed by atoms with Crippen LogP contribution in [-0.2, 0) is 9.53 Å². The first-order valence-electron chi connectivity index (χ1n) is 9.54. The van der Waals surface area contributed by atoms with Gasteiger partial charge in [0.25, 0.3) is 0 Å². The normalized spacial score (nSPS) is 22.7. The Bertz CT molecular complexity index is 664. The lowest BCUT2D eigenvalue weighted by molar-refractivity contribution is -0.141. The Morgan fingerprint density at radius 3 is 2.72 bits per heavy atom. The molecule has 0 spiro atoms. The summed E-state index contributed by atoms with van der Waals surface area (Å²) in [5, 5.41) is 0. The zero-order chi connectivity index (χ0) is 17.2. The van der Waals surface area contributed by atoms with E-state index in [1.807, 2.05) is 12.1 Å². The van der Waals surface area contributed by atoms with Gasteiger partial charge in [-0.05, 0) is 62.8 Å². The minimum atomic E-state index is -0.116. The number of carbonyl (C=O) groups excluding carboxylic acids is 2. The van der Waals surface area contributed by atoms with Crippen molar-refractivity contribution < 1.29 is 19.1 Å². The van der Waals surface area contributed by atoms with Gasteiger partial charge < -0.3 is 9.47 Å². The molecule has 1 unspecified atom stereocenters. The molecule has 0 amide bonds. The molecule has 5 heteroatoms. The number of esters is 1. The van der Waals surface area contributed by atoms with Crippen molar-refractivity contribution in [2.24, 2.45) is 11.8 Å². The first-order valence-corrected chi connectivity index (χ1v) is 9.54. The van der Waals surface area contributed by atoms with Crippen LogP contribution in [0.4, 0.5) is 0 Å². The molecule has 2 saturated carbocycles. The highest BCUT2D eigenvalue weighted by molar-refractivity contribution is 5.94. The Balaban J connectivity index is 1.35. The molecule has 1 aliphatic heterocycles. The van der Waals surface area contributed by atoms with Crippen molar-refractivity contribution in [3.05, 3.63) is 23.4 Å². The van der Waals surface area contributed by atoms with Gasteiger partial charge >= 0.3 is 5.97 Å². The fraction of sp³-hybridized carbons (Fsp3) is 0.650. The molecular formula is C20H25NO4. The van der Waals surface area contributed by atoms with Gasteiger partial charge in [-0.25, -0.2) is 4.98 Å². The Morgan fingerprint density at radius 2 is 2.04 bits per heavy atom. The van der Waals surface area contributed by atoms with Crippen LogP contribution in [-0.4, -0.2) is 30.0 Å². The lowest BCUT2D eigenvalue weighted by Gasteiger charge is -2.11. The van der Waals surface area contributed by atoms with Crippen molar-refractivity contribution in [1.29, 1.82) is 0 Å². The topological polar surface area (TPSA) is 65.5 Å². The van der Waals surface area contributed by atoms with Gasteiger partial charge in [0, 0.05) is 12.0 Å². The van der Waals surface area contributed by atoms with E-state index in [0.717, 1.165) is 18.4 Å². The smallest absolute Gasteiger partial charge is 0.309 e. The molecule has 134 valence electrons. The van der Waals surface area contributed by atoms with Crippen molar-refractivity contribution in [3.63, 3.8) is 0 Å². The average Bonchev–Trinajstić information content (AvgIpc) is 3.53. The van der Waals surface area contributed by atoms with E-state index >= 15 is 0 Å². The predicted octanol–water partition coefficient (Wildman–Crippen LogP) is 3.66. The lowest BCUT2D eigenvalue weighted by atomic mass is 9.99. The molecule has 1 aromatic heterocycles. The molecule has 3 aliphatic rings. The van der Waals surface area contributed by atoms with E-state index in [-0.39, 0.29) is 17.7 Å². The van der Waals surface area contributed by atoms with E-state index in [0.29, 0.717) is 49.5 Å². The van der Waals surface area contributed by atoms with E-state index in [1.165, 1.54) is 25.7 Å². The van der Waals surface area contributed by atoms with Gasteiger partial charge in [0.2, 0.25) is 5.88 Å². The van der Waals surface area contributed by atoms with Crippen LogP contribution in [0.15, 0.2) is 12.1 Å². The maximum Gasteiger partial charge on any atom is 0.309 e. The second-order valence-corrected chi connectivity index (χ2v) is 7.59. The van der Waals surface area contributed by atoms with Crippen molar-refractivity contribution in [2.75, 3.05) is 13.2 Å². The highest BCUT2D eigenvalue weighted by Gasteiger charge is 2.30. The first-order chi connectivity index (χ1) is 12.2. The Hall–Kier alpha value is -1.91. The summed E-state index contributed by atoms with van der Waals surface area (Å²) in [6.45, 7) is 1.23. The van der Waals surface area contributed by atoms with Crippen LogP contribution in [0.1, 0.15) is 73.3 Å². The van der Waals surface area contributed by atoms with Gasteiger partial charge in [0.15, 0.2) is 5.78 Å². The number of Topliss-reactive ketones (excluding diaryl/α,β-unsaturated/α-hetero) is 1. The van der Waals surface area contributed by atoms with Gasteiger partial charge in [-0.1, -0.05) is 6.07 Å². The van der Waals surface area contributed by atoms with Crippen molar-refractivity contribution in [2.45, 2.75) is 57.3 Å².